The molecule has 160 valence electrons. The van der Waals surface area contributed by atoms with Gasteiger partial charge in [0.25, 0.3) is 0 Å². The molecule has 1 saturated heterocycles. The molecule has 4 rings (SSSR count). The third-order valence-electron chi connectivity index (χ3n) is 7.07. The molecule has 1 heterocycles. The number of carbonyl (C=O) groups excluding carboxylic acids is 3. The number of allylic oxidation sites excluding steroid dienone is 2. The number of nitrogens with zero attached hydrogens (tertiary/aromatic N) is 1. The first-order chi connectivity index (χ1) is 13.3. The summed E-state index contributed by atoms with van der Waals surface area (Å²) in [6, 6.07) is 0. The molecule has 2 bridgehead atoms. The Balaban J connectivity index is 1.70. The van der Waals surface area contributed by atoms with E-state index >= 15 is 0 Å². The minimum atomic E-state index is -1.69. The molecule has 4 aliphatic rings. The number of alkyl halides is 4. The van der Waals surface area contributed by atoms with Crippen LogP contribution >= 0.6 is 69.6 Å². The molecule has 5 nitrogen and oxygen atoms in total. The molecular weight excluding hydrogens is 507 g/mol. The second-order valence-corrected chi connectivity index (χ2v) is 11.7. The van der Waals surface area contributed by atoms with E-state index in [1.165, 1.54) is 6.92 Å². The Bertz CT molecular complexity index is 876. The predicted molar refractivity (Wildman–Crippen MR) is 112 cm³/mol. The molecule has 6 atom stereocenters. The molecule has 3 fully saturated rings. The average Bonchev–Trinajstić information content (AvgIpc) is 2.95. The molecule has 11 heteroatoms. The molecule has 0 aromatic carbocycles. The Labute approximate surface area is 197 Å². The number of likely N-dealkylation sites (tertiary alicyclic amines) is 1. The zero-order valence-electron chi connectivity index (χ0n) is 15.4. The summed E-state index contributed by atoms with van der Waals surface area (Å²) in [5.74, 6) is -2.67. The maximum Gasteiger partial charge on any atom is 0.302 e. The number of halogens is 6. The van der Waals surface area contributed by atoms with Gasteiger partial charge in [-0.15, -0.1) is 23.2 Å². The molecule has 0 spiro atoms. The summed E-state index contributed by atoms with van der Waals surface area (Å²) >= 11 is 39.9. The molecule has 0 radical (unpaired) electrons. The van der Waals surface area contributed by atoms with Crippen LogP contribution in [0.1, 0.15) is 26.7 Å². The van der Waals surface area contributed by atoms with Gasteiger partial charge in [0.2, 0.25) is 11.8 Å². The van der Waals surface area contributed by atoms with Gasteiger partial charge in [0, 0.05) is 6.92 Å². The van der Waals surface area contributed by atoms with Crippen LogP contribution in [-0.4, -0.2) is 49.9 Å². The number of fused-ring (bicyclic) bond motifs is 6. The van der Waals surface area contributed by atoms with Gasteiger partial charge in [0.15, 0.2) is 4.33 Å². The fourth-order valence-corrected chi connectivity index (χ4v) is 8.72. The van der Waals surface area contributed by atoms with Crippen molar-refractivity contribution >= 4 is 87.4 Å². The Morgan fingerprint density at radius 3 is 2.21 bits per heavy atom. The quantitative estimate of drug-likeness (QED) is 0.312. The molecule has 0 aromatic rings. The highest BCUT2D eigenvalue weighted by molar-refractivity contribution is 6.65. The molecule has 2 saturated carbocycles. The molecular formula is C18H17Cl6NO4. The standard InChI is InChI=1S/C18H17Cl6NO4/c1-7(26)29-4-3-25-13(27)9-5-8-10(6-15(9,2)14(25)28)17(22)12(20)11(19)16(8,21)18(17,23)24/h8-10H,3-6H2,1-2H3/t8-,9+,10+,15-,16-,17-/m1/s1. The Kier molecular flexibility index (Phi) is 5.04. The molecule has 2 amide bonds. The fourth-order valence-electron chi connectivity index (χ4n) is 5.63. The van der Waals surface area contributed by atoms with E-state index in [-0.39, 0.29) is 47.9 Å². The van der Waals surface area contributed by atoms with E-state index in [9.17, 15) is 14.4 Å². The second kappa shape index (κ2) is 6.55. The molecule has 0 unspecified atom stereocenters. The van der Waals surface area contributed by atoms with Gasteiger partial charge in [0.05, 0.1) is 27.9 Å². The van der Waals surface area contributed by atoms with Gasteiger partial charge in [-0.3, -0.25) is 19.3 Å². The van der Waals surface area contributed by atoms with Crippen molar-refractivity contribution in [2.45, 2.75) is 40.8 Å². The van der Waals surface area contributed by atoms with Gasteiger partial charge in [-0.05, 0) is 31.6 Å². The number of hydrogen-bond acceptors (Lipinski definition) is 4. The van der Waals surface area contributed by atoms with E-state index in [0.717, 1.165) is 4.90 Å². The number of ether oxygens (including phenoxy) is 1. The Morgan fingerprint density at radius 2 is 1.66 bits per heavy atom. The van der Waals surface area contributed by atoms with Gasteiger partial charge in [-0.1, -0.05) is 46.4 Å². The second-order valence-electron chi connectivity index (χ2n) is 8.38. The third kappa shape index (κ3) is 2.41. The summed E-state index contributed by atoms with van der Waals surface area (Å²) in [4.78, 5) is 35.5. The van der Waals surface area contributed by atoms with Crippen LogP contribution in [0.25, 0.3) is 0 Å². The first-order valence-corrected chi connectivity index (χ1v) is 11.3. The fraction of sp³-hybridized carbons (Fsp3) is 0.722. The van der Waals surface area contributed by atoms with Gasteiger partial charge in [-0.2, -0.15) is 0 Å². The van der Waals surface area contributed by atoms with Crippen LogP contribution in [0.2, 0.25) is 0 Å². The summed E-state index contributed by atoms with van der Waals surface area (Å²) in [5, 5.41) is 0.182. The molecule has 0 N–H and O–H groups in total. The summed E-state index contributed by atoms with van der Waals surface area (Å²) in [5.41, 5.74) is -1.01. The summed E-state index contributed by atoms with van der Waals surface area (Å²) in [6.45, 7) is 2.92. The van der Waals surface area contributed by atoms with E-state index in [0.29, 0.717) is 0 Å². The van der Waals surface area contributed by atoms with Crippen molar-refractivity contribution in [3.63, 3.8) is 0 Å². The normalized spacial score (nSPS) is 45.0. The maximum atomic E-state index is 13.2. The number of carbonyl (C=O) groups is 3. The zero-order valence-corrected chi connectivity index (χ0v) is 19.9. The average molecular weight is 524 g/mol. The van der Waals surface area contributed by atoms with Gasteiger partial charge in [-0.25, -0.2) is 0 Å². The maximum absolute atomic E-state index is 13.2. The van der Waals surface area contributed by atoms with Crippen LogP contribution in [0.15, 0.2) is 10.1 Å². The number of amides is 2. The lowest BCUT2D eigenvalue weighted by molar-refractivity contribution is -0.147. The molecule has 3 aliphatic carbocycles. The monoisotopic (exact) mass is 521 g/mol. The van der Waals surface area contributed by atoms with Crippen LogP contribution in [0.4, 0.5) is 0 Å². The van der Waals surface area contributed by atoms with Crippen molar-refractivity contribution < 1.29 is 19.1 Å². The number of rotatable bonds is 3. The topological polar surface area (TPSA) is 63.7 Å². The lowest BCUT2D eigenvalue weighted by Gasteiger charge is -2.46. The van der Waals surface area contributed by atoms with Crippen molar-refractivity contribution in [2.24, 2.45) is 23.2 Å². The van der Waals surface area contributed by atoms with Crippen LogP contribution in [0.5, 0.6) is 0 Å². The molecule has 1 aliphatic heterocycles. The van der Waals surface area contributed by atoms with Gasteiger partial charge in [0.1, 0.15) is 16.4 Å². The number of imide groups is 1. The largest absolute Gasteiger partial charge is 0.464 e. The minimum Gasteiger partial charge on any atom is -0.464 e. The first-order valence-electron chi connectivity index (χ1n) is 9.07. The highest BCUT2D eigenvalue weighted by Crippen LogP contribution is 2.79. The summed E-state index contributed by atoms with van der Waals surface area (Å²) < 4.78 is 3.20. The first kappa shape index (κ1) is 22.3. The lowest BCUT2D eigenvalue weighted by Crippen LogP contribution is -2.49. The molecule has 29 heavy (non-hydrogen) atoms. The lowest BCUT2D eigenvalue weighted by atomic mass is 9.58. The van der Waals surface area contributed by atoms with Crippen LogP contribution in [-0.2, 0) is 19.1 Å². The highest BCUT2D eigenvalue weighted by Gasteiger charge is 2.84. The van der Waals surface area contributed by atoms with Crippen LogP contribution in [0, 0.1) is 23.2 Å². The predicted octanol–water partition coefficient (Wildman–Crippen LogP) is 4.41. The zero-order chi connectivity index (χ0) is 21.7. The Hall–Kier alpha value is 0.0900. The Morgan fingerprint density at radius 1 is 1.10 bits per heavy atom. The molecule has 0 aromatic heterocycles. The van der Waals surface area contributed by atoms with E-state index in [2.05, 4.69) is 0 Å². The van der Waals surface area contributed by atoms with Crippen LogP contribution < -0.4 is 0 Å². The summed E-state index contributed by atoms with van der Waals surface area (Å²) in [6.07, 6.45) is 0.478. The number of esters is 1. The van der Waals surface area contributed by atoms with Crippen molar-refractivity contribution in [1.29, 1.82) is 0 Å². The van der Waals surface area contributed by atoms with Gasteiger partial charge >= 0.3 is 5.97 Å². The van der Waals surface area contributed by atoms with E-state index < -0.39 is 43.2 Å². The third-order valence-corrected chi connectivity index (χ3v) is 11.4. The van der Waals surface area contributed by atoms with Crippen molar-refractivity contribution in [1.82, 2.24) is 4.90 Å². The SMILES string of the molecule is CC(=O)OCCN1C(=O)[C@@H]2C[C@@H]3[C@H](C[C@@]2(C)C1=O)[C@@]1(Cl)C(Cl)=C(Cl)[C@@]3(Cl)C1(Cl)Cl. The van der Waals surface area contributed by atoms with Crippen molar-refractivity contribution in [3.05, 3.63) is 10.1 Å². The highest BCUT2D eigenvalue weighted by atomic mass is 35.5. The van der Waals surface area contributed by atoms with Gasteiger partial charge < -0.3 is 4.74 Å². The van der Waals surface area contributed by atoms with E-state index in [1.807, 2.05) is 0 Å². The minimum absolute atomic E-state index is 0.00851. The summed E-state index contributed by atoms with van der Waals surface area (Å²) in [7, 11) is 0. The smallest absolute Gasteiger partial charge is 0.302 e. The van der Waals surface area contributed by atoms with Crippen molar-refractivity contribution in [2.75, 3.05) is 13.2 Å². The number of hydrogen-bond donors (Lipinski definition) is 0. The van der Waals surface area contributed by atoms with Crippen LogP contribution in [0.3, 0.4) is 0 Å². The van der Waals surface area contributed by atoms with E-state index in [4.69, 9.17) is 74.3 Å². The van der Waals surface area contributed by atoms with Crippen molar-refractivity contribution in [3.8, 4) is 0 Å². The van der Waals surface area contributed by atoms with E-state index in [1.54, 1.807) is 6.92 Å².